The molecule has 5 rings (SSSR count). The van der Waals surface area contributed by atoms with Crippen LogP contribution in [-0.4, -0.2) is 6.79 Å². The third kappa shape index (κ3) is 11.5. The molecule has 2 saturated carbocycles. The highest BCUT2D eigenvalue weighted by Crippen LogP contribution is 2.36. The quantitative estimate of drug-likeness (QED) is 0.424. The Labute approximate surface area is 216 Å². The van der Waals surface area contributed by atoms with E-state index in [1.807, 2.05) is 12.1 Å². The first-order chi connectivity index (χ1) is 16.7. The van der Waals surface area contributed by atoms with Crippen LogP contribution in [0.2, 0.25) is 0 Å². The highest BCUT2D eigenvalue weighted by atomic mass is 16.7. The number of ether oxygens (including phenoxy) is 2. The summed E-state index contributed by atoms with van der Waals surface area (Å²) in [6.45, 7) is 18.4. The summed E-state index contributed by atoms with van der Waals surface area (Å²) in [5.41, 5.74) is 2.73. The van der Waals surface area contributed by atoms with Gasteiger partial charge in [-0.05, 0) is 78.0 Å². The number of fused-ring (bicyclic) bond motifs is 1. The van der Waals surface area contributed by atoms with E-state index in [0.29, 0.717) is 12.7 Å². The lowest BCUT2D eigenvalue weighted by Crippen LogP contribution is -2.16. The van der Waals surface area contributed by atoms with E-state index in [1.54, 1.807) is 0 Å². The summed E-state index contributed by atoms with van der Waals surface area (Å²) >= 11 is 0. The van der Waals surface area contributed by atoms with Gasteiger partial charge in [-0.1, -0.05) is 111 Å². The van der Waals surface area contributed by atoms with Crippen molar-refractivity contribution >= 4 is 0 Å². The van der Waals surface area contributed by atoms with Gasteiger partial charge < -0.3 is 9.47 Å². The molecule has 2 aliphatic carbocycles. The zero-order valence-electron chi connectivity index (χ0n) is 23.8. The van der Waals surface area contributed by atoms with E-state index in [4.69, 9.17) is 9.47 Å². The Morgan fingerprint density at radius 3 is 1.66 bits per heavy atom. The summed E-state index contributed by atoms with van der Waals surface area (Å²) in [4.78, 5) is 0. The zero-order valence-corrected chi connectivity index (χ0v) is 23.8. The molecule has 2 heteroatoms. The smallest absolute Gasteiger partial charge is 0.231 e. The summed E-state index contributed by atoms with van der Waals surface area (Å²) < 4.78 is 10.5. The molecule has 2 aromatic carbocycles. The van der Waals surface area contributed by atoms with E-state index in [1.165, 1.54) is 49.7 Å². The third-order valence-corrected chi connectivity index (χ3v) is 7.21. The molecule has 0 amide bonds. The van der Waals surface area contributed by atoms with Gasteiger partial charge in [0.05, 0.1) is 0 Å². The maximum atomic E-state index is 5.27. The zero-order chi connectivity index (χ0) is 25.8. The number of hydrogen-bond acceptors (Lipinski definition) is 2. The standard InChI is InChI=1S/C10H12O2.C10H14.C7H14.C6H12/c1-7(2)8-3-4-9-10(5-8)12-6-11-9;1-9(2)8-10-6-4-3-5-7-10;1-6(2)7-4-3-5-7;1-5(2)6-3-4-6/h3-5,7H,6H2,1-2H3;3-7,9H,8H2,1-2H3;6-7H,3-5H2,1-2H3;5-6H,3-4H2,1-2H3. The second kappa shape index (κ2) is 15.2. The molecular weight excluding hydrogens is 428 g/mol. The summed E-state index contributed by atoms with van der Waals surface area (Å²) in [5, 5.41) is 0. The Hall–Kier alpha value is -1.96. The predicted octanol–water partition coefficient (Wildman–Crippen LogP) is 9.92. The molecule has 0 aromatic heterocycles. The van der Waals surface area contributed by atoms with Crippen LogP contribution in [0.15, 0.2) is 48.5 Å². The minimum absolute atomic E-state index is 0.358. The molecular formula is C33H52O2. The van der Waals surface area contributed by atoms with Gasteiger partial charge in [-0.3, -0.25) is 0 Å². The topological polar surface area (TPSA) is 18.5 Å². The lowest BCUT2D eigenvalue weighted by Gasteiger charge is -2.28. The molecule has 0 bridgehead atoms. The van der Waals surface area contributed by atoms with Crippen LogP contribution in [0, 0.1) is 29.6 Å². The van der Waals surface area contributed by atoms with Gasteiger partial charge in [0.2, 0.25) is 6.79 Å². The number of rotatable bonds is 5. The van der Waals surface area contributed by atoms with Crippen molar-refractivity contribution < 1.29 is 9.47 Å². The lowest BCUT2D eigenvalue weighted by atomic mass is 9.78. The molecule has 1 aliphatic heterocycles. The van der Waals surface area contributed by atoms with E-state index >= 15 is 0 Å². The first kappa shape index (κ1) is 29.3. The fourth-order valence-electron chi connectivity index (χ4n) is 4.23. The number of benzene rings is 2. The molecule has 0 atom stereocenters. The second-order valence-electron chi connectivity index (χ2n) is 11.9. The van der Waals surface area contributed by atoms with Crippen molar-refractivity contribution in [2.24, 2.45) is 29.6 Å². The van der Waals surface area contributed by atoms with Crippen LogP contribution >= 0.6 is 0 Å². The van der Waals surface area contributed by atoms with Crippen LogP contribution in [-0.2, 0) is 6.42 Å². The number of hydrogen-bond donors (Lipinski definition) is 0. The molecule has 0 unspecified atom stereocenters. The Balaban J connectivity index is 0.000000171. The van der Waals surface area contributed by atoms with Gasteiger partial charge in [-0.25, -0.2) is 0 Å². The Kier molecular flexibility index (Phi) is 12.7. The molecule has 0 saturated heterocycles. The first-order valence-electron chi connectivity index (χ1n) is 14.1. The van der Waals surface area contributed by atoms with Crippen LogP contribution in [0.25, 0.3) is 0 Å². The Morgan fingerprint density at radius 1 is 0.686 bits per heavy atom. The first-order valence-corrected chi connectivity index (χ1v) is 14.1. The summed E-state index contributed by atoms with van der Waals surface area (Å²) in [6.07, 6.45) is 8.67. The summed E-state index contributed by atoms with van der Waals surface area (Å²) in [5.74, 6) is 7.14. The van der Waals surface area contributed by atoms with Crippen molar-refractivity contribution in [1.82, 2.24) is 0 Å². The van der Waals surface area contributed by atoms with Crippen molar-refractivity contribution in [3.05, 3.63) is 59.7 Å². The summed E-state index contributed by atoms with van der Waals surface area (Å²) in [7, 11) is 0. The maximum absolute atomic E-state index is 5.27. The molecule has 2 fully saturated rings. The molecule has 1 heterocycles. The van der Waals surface area contributed by atoms with Gasteiger partial charge in [-0.2, -0.15) is 0 Å². The van der Waals surface area contributed by atoms with Crippen molar-refractivity contribution in [2.75, 3.05) is 6.79 Å². The second-order valence-corrected chi connectivity index (χ2v) is 11.9. The van der Waals surface area contributed by atoms with Gasteiger partial charge in [0.25, 0.3) is 0 Å². The monoisotopic (exact) mass is 480 g/mol. The van der Waals surface area contributed by atoms with Gasteiger partial charge >= 0.3 is 0 Å². The van der Waals surface area contributed by atoms with Gasteiger partial charge in [0.15, 0.2) is 11.5 Å². The minimum Gasteiger partial charge on any atom is -0.454 e. The van der Waals surface area contributed by atoms with E-state index < -0.39 is 0 Å². The van der Waals surface area contributed by atoms with Crippen LogP contribution < -0.4 is 9.47 Å². The fraction of sp³-hybridized carbons (Fsp3) is 0.636. The van der Waals surface area contributed by atoms with Crippen LogP contribution in [0.3, 0.4) is 0 Å². The van der Waals surface area contributed by atoms with Crippen molar-refractivity contribution in [2.45, 2.75) is 99.8 Å². The van der Waals surface area contributed by atoms with Crippen LogP contribution in [0.1, 0.15) is 105 Å². The predicted molar refractivity (Wildman–Crippen MR) is 151 cm³/mol. The van der Waals surface area contributed by atoms with Crippen LogP contribution in [0.5, 0.6) is 11.5 Å². The van der Waals surface area contributed by atoms with Crippen molar-refractivity contribution in [3.8, 4) is 11.5 Å². The van der Waals surface area contributed by atoms with Crippen molar-refractivity contribution in [3.63, 3.8) is 0 Å². The average Bonchev–Trinajstić information content (AvgIpc) is 3.52. The van der Waals surface area contributed by atoms with E-state index in [-0.39, 0.29) is 0 Å². The summed E-state index contributed by atoms with van der Waals surface area (Å²) in [6, 6.07) is 16.7. The third-order valence-electron chi connectivity index (χ3n) is 7.21. The molecule has 2 aromatic rings. The SMILES string of the molecule is CC(C)C1CC1.CC(C)C1CCC1.CC(C)Cc1ccccc1.CC(C)c1ccc2c(c1)OCO2. The van der Waals surface area contributed by atoms with Gasteiger partial charge in [0, 0.05) is 0 Å². The molecule has 3 aliphatic rings. The molecule has 196 valence electrons. The molecule has 0 spiro atoms. The normalized spacial score (nSPS) is 16.1. The fourth-order valence-corrected chi connectivity index (χ4v) is 4.23. The molecule has 35 heavy (non-hydrogen) atoms. The largest absolute Gasteiger partial charge is 0.454 e. The highest BCUT2D eigenvalue weighted by molar-refractivity contribution is 5.45. The molecule has 2 nitrogen and oxygen atoms in total. The van der Waals surface area contributed by atoms with E-state index in [9.17, 15) is 0 Å². The van der Waals surface area contributed by atoms with Gasteiger partial charge in [0.1, 0.15) is 0 Å². The van der Waals surface area contributed by atoms with Gasteiger partial charge in [-0.15, -0.1) is 0 Å². The maximum Gasteiger partial charge on any atom is 0.231 e. The Morgan fingerprint density at radius 2 is 1.26 bits per heavy atom. The minimum atomic E-state index is 0.358. The van der Waals surface area contributed by atoms with E-state index in [2.05, 4.69) is 91.8 Å². The molecule has 0 radical (unpaired) electrons. The Bertz CT molecular complexity index is 814. The molecule has 0 N–H and O–H groups in total. The van der Waals surface area contributed by atoms with E-state index in [0.717, 1.165) is 41.1 Å². The average molecular weight is 481 g/mol. The van der Waals surface area contributed by atoms with Crippen LogP contribution in [0.4, 0.5) is 0 Å². The van der Waals surface area contributed by atoms with Crippen molar-refractivity contribution in [1.29, 1.82) is 0 Å². The lowest BCUT2D eigenvalue weighted by molar-refractivity contribution is 0.174. The highest BCUT2D eigenvalue weighted by Gasteiger charge is 2.24.